The van der Waals surface area contributed by atoms with Gasteiger partial charge in [-0.1, -0.05) is 38.8 Å². The molecule has 8 rings (SSSR count). The van der Waals surface area contributed by atoms with E-state index >= 15 is 0 Å². The first-order chi connectivity index (χ1) is 28.2. The van der Waals surface area contributed by atoms with Crippen molar-refractivity contribution in [2.24, 2.45) is 5.92 Å². The number of carbonyl (C=O) groups excluding carboxylic acids is 4. The van der Waals surface area contributed by atoms with E-state index in [4.69, 9.17) is 19.2 Å². The lowest BCUT2D eigenvalue weighted by molar-refractivity contribution is -0.144. The molecule has 3 aliphatic carbocycles. The van der Waals surface area contributed by atoms with Crippen LogP contribution < -0.4 is 24.8 Å². The van der Waals surface area contributed by atoms with E-state index in [0.717, 1.165) is 60.7 Å². The molecule has 3 saturated carbocycles. The highest BCUT2D eigenvalue weighted by molar-refractivity contribution is 7.91. The Kier molecular flexibility index (Phi) is 11.1. The normalized spacial score (nSPS) is 29.6. The SMILES string of the molecule is COc1ccc2nc(C(C)C)c3c(c2c1)CCC1(CC2C(=O)NC4(C(=O)NS(=O)(=O)C5(C)CC5)CCC4C=CCCCCCC(NC(=O)OC4CCCC4)C(=O)N2C1)O3. The molecule has 0 radical (unpaired) electrons. The van der Waals surface area contributed by atoms with Crippen LogP contribution in [0.25, 0.3) is 10.9 Å². The van der Waals surface area contributed by atoms with E-state index < -0.39 is 67.7 Å². The third-order valence-corrected chi connectivity index (χ3v) is 16.1. The van der Waals surface area contributed by atoms with Gasteiger partial charge in [-0.15, -0.1) is 0 Å². The van der Waals surface area contributed by atoms with Crippen molar-refractivity contribution >= 4 is 44.7 Å². The smallest absolute Gasteiger partial charge is 0.408 e. The van der Waals surface area contributed by atoms with Crippen LogP contribution in [0.2, 0.25) is 0 Å². The van der Waals surface area contributed by atoms with Crippen LogP contribution in [0, 0.1) is 5.92 Å². The molecule has 4 amide bonds. The van der Waals surface area contributed by atoms with Gasteiger partial charge in [-0.05, 0) is 115 Å². The van der Waals surface area contributed by atoms with Crippen molar-refractivity contribution in [3.63, 3.8) is 0 Å². The van der Waals surface area contributed by atoms with Gasteiger partial charge in [0.25, 0.3) is 5.91 Å². The first-order valence-corrected chi connectivity index (χ1v) is 23.2. The molecule has 3 aliphatic heterocycles. The van der Waals surface area contributed by atoms with Crippen molar-refractivity contribution in [1.29, 1.82) is 0 Å². The number of aryl methyl sites for hydroxylation is 1. The zero-order chi connectivity index (χ0) is 41.7. The number of benzene rings is 1. The summed E-state index contributed by atoms with van der Waals surface area (Å²) >= 11 is 0. The Labute approximate surface area is 347 Å². The number of sulfonamides is 1. The molecule has 59 heavy (non-hydrogen) atoms. The van der Waals surface area contributed by atoms with Gasteiger partial charge in [0.2, 0.25) is 21.8 Å². The number of methoxy groups -OCH3 is 1. The maximum Gasteiger partial charge on any atom is 0.408 e. The van der Waals surface area contributed by atoms with Crippen LogP contribution >= 0.6 is 0 Å². The molecule has 5 unspecified atom stereocenters. The molecule has 14 nitrogen and oxygen atoms in total. The zero-order valence-electron chi connectivity index (χ0n) is 34.8. The summed E-state index contributed by atoms with van der Waals surface area (Å²) in [6.07, 6.45) is 12.8. The Hall–Kier alpha value is -4.40. The van der Waals surface area contributed by atoms with Crippen LogP contribution in [0.1, 0.15) is 134 Å². The van der Waals surface area contributed by atoms with Crippen molar-refractivity contribution in [3.05, 3.63) is 41.6 Å². The number of fused-ring (bicyclic) bond motifs is 5. The number of hydrogen-bond donors (Lipinski definition) is 3. The standard InChI is InChI=1S/C44H59N5O9S/c1-27(2)36-37-31(32-24-30(56-4)16-17-33(32)45-36)19-20-43(58-37)25-35-38(50)47-44(40(52)48-59(54,55)42(3)22-23-42)21-18-28(44)12-8-6-5-7-9-15-34(39(51)49(35)26-43)46-41(53)57-29-13-10-11-14-29/h8,12,16-17,24,27-29,34-35H,5-7,9-11,13-15,18-23,25-26H2,1-4H3,(H,46,53)(H,47,50)(H,48,52). The third kappa shape index (κ3) is 7.88. The van der Waals surface area contributed by atoms with E-state index in [-0.39, 0.29) is 31.4 Å². The van der Waals surface area contributed by atoms with Gasteiger partial charge >= 0.3 is 6.09 Å². The second-order valence-corrected chi connectivity index (χ2v) is 20.6. The average molecular weight is 834 g/mol. The van der Waals surface area contributed by atoms with Crippen molar-refractivity contribution in [2.45, 2.75) is 163 Å². The van der Waals surface area contributed by atoms with E-state index in [0.29, 0.717) is 62.9 Å². The van der Waals surface area contributed by atoms with Crippen LogP contribution in [0.4, 0.5) is 4.79 Å². The lowest BCUT2D eigenvalue weighted by Gasteiger charge is -2.48. The fourth-order valence-electron chi connectivity index (χ4n) is 9.76. The minimum atomic E-state index is -4.01. The number of rotatable bonds is 7. The molecule has 2 aromatic rings. The van der Waals surface area contributed by atoms with E-state index in [2.05, 4.69) is 29.2 Å². The predicted molar refractivity (Wildman–Crippen MR) is 220 cm³/mol. The summed E-state index contributed by atoms with van der Waals surface area (Å²) in [5.41, 5.74) is 0.0530. The number of pyridine rings is 1. The van der Waals surface area contributed by atoms with E-state index in [1.165, 1.54) is 4.90 Å². The van der Waals surface area contributed by atoms with Crippen LogP contribution in [-0.4, -0.2) is 89.8 Å². The maximum atomic E-state index is 15.0. The molecule has 1 aromatic heterocycles. The van der Waals surface area contributed by atoms with Crippen molar-refractivity contribution in [3.8, 4) is 11.5 Å². The molecular formula is C44H59N5O9S. The van der Waals surface area contributed by atoms with Crippen LogP contribution in [0.3, 0.4) is 0 Å². The zero-order valence-corrected chi connectivity index (χ0v) is 35.6. The molecule has 3 N–H and O–H groups in total. The number of hydrogen-bond acceptors (Lipinski definition) is 10. The maximum absolute atomic E-state index is 15.0. The number of alkyl carbamates (subject to hydrolysis) is 1. The van der Waals surface area contributed by atoms with Gasteiger partial charge in [-0.3, -0.25) is 19.1 Å². The monoisotopic (exact) mass is 833 g/mol. The van der Waals surface area contributed by atoms with Crippen LogP contribution in [0.5, 0.6) is 11.5 Å². The molecule has 4 heterocycles. The number of carbonyl (C=O) groups is 4. The molecule has 1 saturated heterocycles. The first kappa shape index (κ1) is 41.3. The Morgan fingerprint density at radius 1 is 1.02 bits per heavy atom. The number of nitrogens with one attached hydrogen (secondary N) is 3. The first-order valence-electron chi connectivity index (χ1n) is 21.7. The van der Waals surface area contributed by atoms with Crippen LogP contribution in [-0.2, 0) is 35.6 Å². The number of allylic oxidation sites excluding steroid dienone is 1. The molecule has 320 valence electrons. The van der Waals surface area contributed by atoms with Crippen molar-refractivity contribution in [2.75, 3.05) is 13.7 Å². The second kappa shape index (κ2) is 15.9. The molecule has 1 spiro atoms. The summed E-state index contributed by atoms with van der Waals surface area (Å²) in [4.78, 5) is 64.1. The summed E-state index contributed by atoms with van der Waals surface area (Å²) in [7, 11) is -2.39. The second-order valence-electron chi connectivity index (χ2n) is 18.4. The van der Waals surface area contributed by atoms with Gasteiger partial charge in [-0.25, -0.2) is 18.2 Å². The average Bonchev–Trinajstić information content (AvgIpc) is 3.57. The van der Waals surface area contributed by atoms with Crippen LogP contribution in [0.15, 0.2) is 30.4 Å². The summed E-state index contributed by atoms with van der Waals surface area (Å²) in [5, 5.41) is 6.84. The van der Waals surface area contributed by atoms with E-state index in [9.17, 15) is 27.6 Å². The fraction of sp³-hybridized carbons (Fsp3) is 0.659. The molecule has 4 fully saturated rings. The number of amides is 4. The highest BCUT2D eigenvalue weighted by atomic mass is 32.2. The molecule has 0 bridgehead atoms. The Balaban J connectivity index is 1.16. The summed E-state index contributed by atoms with van der Waals surface area (Å²) in [6.45, 7) is 5.78. The Morgan fingerprint density at radius 2 is 1.78 bits per heavy atom. The van der Waals surface area contributed by atoms with Gasteiger partial charge in [0.1, 0.15) is 40.8 Å². The van der Waals surface area contributed by atoms with Gasteiger partial charge in [0.15, 0.2) is 0 Å². The Bertz CT molecular complexity index is 2150. The van der Waals surface area contributed by atoms with Gasteiger partial charge in [0.05, 0.1) is 29.6 Å². The fourth-order valence-corrected chi connectivity index (χ4v) is 11.1. The number of ether oxygens (including phenoxy) is 3. The number of nitrogens with zero attached hydrogens (tertiary/aromatic N) is 2. The van der Waals surface area contributed by atoms with E-state index in [1.54, 1.807) is 14.0 Å². The molecular weight excluding hydrogens is 775 g/mol. The lowest BCUT2D eigenvalue weighted by Crippen LogP contribution is -2.70. The molecule has 6 aliphatic rings. The largest absolute Gasteiger partial charge is 0.497 e. The molecule has 5 atom stereocenters. The minimum absolute atomic E-state index is 0.00203. The van der Waals surface area contributed by atoms with Gasteiger partial charge in [-0.2, -0.15) is 0 Å². The summed E-state index contributed by atoms with van der Waals surface area (Å²) in [5.74, 6) is -0.873. The topological polar surface area (TPSA) is 182 Å². The predicted octanol–water partition coefficient (Wildman–Crippen LogP) is 5.85. The highest BCUT2D eigenvalue weighted by Crippen LogP contribution is 2.48. The third-order valence-electron chi connectivity index (χ3n) is 13.9. The highest BCUT2D eigenvalue weighted by Gasteiger charge is 2.59. The molecule has 1 aromatic carbocycles. The van der Waals surface area contributed by atoms with Crippen molar-refractivity contribution < 1.29 is 41.8 Å². The summed E-state index contributed by atoms with van der Waals surface area (Å²) in [6, 6.07) is 3.73. The number of aromatic nitrogens is 1. The van der Waals surface area contributed by atoms with Gasteiger partial charge < -0.3 is 29.7 Å². The van der Waals surface area contributed by atoms with Gasteiger partial charge in [0, 0.05) is 23.3 Å². The summed E-state index contributed by atoms with van der Waals surface area (Å²) < 4.78 is 46.5. The lowest BCUT2D eigenvalue weighted by atomic mass is 9.65. The Morgan fingerprint density at radius 3 is 2.47 bits per heavy atom. The molecule has 15 heteroatoms. The minimum Gasteiger partial charge on any atom is -0.497 e. The van der Waals surface area contributed by atoms with Crippen molar-refractivity contribution in [1.82, 2.24) is 25.2 Å². The van der Waals surface area contributed by atoms with E-state index in [1.807, 2.05) is 30.4 Å². The quantitative estimate of drug-likeness (QED) is 0.286.